The number of carbonyl (C=O) groups is 1. The van der Waals surface area contributed by atoms with E-state index in [-0.39, 0.29) is 11.7 Å². The van der Waals surface area contributed by atoms with Gasteiger partial charge in [0.1, 0.15) is 17.3 Å². The molecular formula is C29H30FN5O. The molecule has 1 amide bonds. The molecule has 0 spiro atoms. The third-order valence-corrected chi connectivity index (χ3v) is 6.40. The Balaban J connectivity index is 1.55. The van der Waals surface area contributed by atoms with Gasteiger partial charge in [0.15, 0.2) is 0 Å². The number of anilines is 1. The van der Waals surface area contributed by atoms with Crippen molar-refractivity contribution < 1.29 is 9.18 Å². The molecule has 2 aromatic carbocycles. The molecule has 0 bridgehead atoms. The van der Waals surface area contributed by atoms with Crippen molar-refractivity contribution in [3.05, 3.63) is 90.0 Å². The van der Waals surface area contributed by atoms with Gasteiger partial charge >= 0.3 is 0 Å². The second-order valence-electron chi connectivity index (χ2n) is 10.2. The molecule has 2 aromatic heterocycles. The zero-order valence-electron chi connectivity index (χ0n) is 20.8. The topological polar surface area (TPSA) is 63.1 Å². The largest absolute Gasteiger partial charge is 0.310 e. The monoisotopic (exact) mass is 483 g/mol. The van der Waals surface area contributed by atoms with Gasteiger partial charge in [-0.15, -0.1) is 0 Å². The molecule has 0 saturated carbocycles. The maximum absolute atomic E-state index is 13.7. The fourth-order valence-electron chi connectivity index (χ4n) is 4.42. The normalized spacial score (nSPS) is 13.9. The average molecular weight is 484 g/mol. The van der Waals surface area contributed by atoms with Crippen molar-refractivity contribution in [2.45, 2.75) is 40.4 Å². The Kier molecular flexibility index (Phi) is 6.41. The third-order valence-electron chi connectivity index (χ3n) is 6.40. The molecular weight excluding hydrogens is 453 g/mol. The molecule has 0 aliphatic carbocycles. The number of aromatic nitrogens is 3. The Bertz CT molecular complexity index is 1370. The Hall–Kier alpha value is -3.84. The lowest BCUT2D eigenvalue weighted by Gasteiger charge is -2.28. The molecule has 0 atom stereocenters. The van der Waals surface area contributed by atoms with Crippen LogP contribution in [-0.4, -0.2) is 32.1 Å². The highest BCUT2D eigenvalue weighted by Gasteiger charge is 2.27. The van der Waals surface area contributed by atoms with Crippen LogP contribution >= 0.6 is 0 Å². The standard InChI is InChI=1S/C29H30FN5O/c1-29(2,3)28(36)32-25-17-22(13-14-31-25)26-24-19-34(18-20-7-5-4-6-8-20)15-16-35(24)33-27(26)21-9-11-23(30)12-10-21/h4-14,17H,15-16,18-19H2,1-3H3,(H,31,32,36). The maximum Gasteiger partial charge on any atom is 0.230 e. The van der Waals surface area contributed by atoms with E-state index in [0.717, 1.165) is 54.3 Å². The van der Waals surface area contributed by atoms with Crippen molar-refractivity contribution in [2.75, 3.05) is 11.9 Å². The van der Waals surface area contributed by atoms with Crippen LogP contribution in [0.4, 0.5) is 10.2 Å². The molecule has 1 aliphatic heterocycles. The summed E-state index contributed by atoms with van der Waals surface area (Å²) in [4.78, 5) is 19.4. The molecule has 1 aliphatic rings. The fourth-order valence-corrected chi connectivity index (χ4v) is 4.42. The van der Waals surface area contributed by atoms with Crippen molar-refractivity contribution in [3.8, 4) is 22.4 Å². The predicted molar refractivity (Wildman–Crippen MR) is 139 cm³/mol. The second kappa shape index (κ2) is 9.66. The summed E-state index contributed by atoms with van der Waals surface area (Å²) in [6.07, 6.45) is 1.71. The fraction of sp³-hybridized carbons (Fsp3) is 0.276. The summed E-state index contributed by atoms with van der Waals surface area (Å²) in [6, 6.07) is 20.7. The molecule has 4 aromatic rings. The molecule has 1 N–H and O–H groups in total. The van der Waals surface area contributed by atoms with Crippen LogP contribution in [0.1, 0.15) is 32.0 Å². The summed E-state index contributed by atoms with van der Waals surface area (Å²) >= 11 is 0. The number of pyridine rings is 1. The van der Waals surface area contributed by atoms with Gasteiger partial charge in [-0.05, 0) is 47.5 Å². The number of hydrogen-bond donors (Lipinski definition) is 1. The van der Waals surface area contributed by atoms with Crippen LogP contribution < -0.4 is 5.32 Å². The number of hydrogen-bond acceptors (Lipinski definition) is 4. The summed E-state index contributed by atoms with van der Waals surface area (Å²) in [6.45, 7) is 8.83. The summed E-state index contributed by atoms with van der Waals surface area (Å²) in [7, 11) is 0. The zero-order chi connectivity index (χ0) is 25.3. The lowest BCUT2D eigenvalue weighted by Crippen LogP contribution is -2.33. The van der Waals surface area contributed by atoms with Gasteiger partial charge < -0.3 is 5.32 Å². The van der Waals surface area contributed by atoms with Crippen molar-refractivity contribution in [2.24, 2.45) is 5.41 Å². The van der Waals surface area contributed by atoms with Gasteiger partial charge in [-0.3, -0.25) is 14.4 Å². The number of halogens is 1. The van der Waals surface area contributed by atoms with Gasteiger partial charge in [0.2, 0.25) is 5.91 Å². The molecule has 0 fully saturated rings. The summed E-state index contributed by atoms with van der Waals surface area (Å²) in [5, 5.41) is 7.89. The van der Waals surface area contributed by atoms with Gasteiger partial charge in [0, 0.05) is 42.4 Å². The van der Waals surface area contributed by atoms with Crippen LogP contribution in [0.3, 0.4) is 0 Å². The SMILES string of the molecule is CC(C)(C)C(=O)Nc1cc(-c2c(-c3ccc(F)cc3)nn3c2CN(Cc2ccccc2)CC3)ccn1. The Labute approximate surface area is 210 Å². The molecule has 184 valence electrons. The van der Waals surface area contributed by atoms with Crippen molar-refractivity contribution in [1.82, 2.24) is 19.7 Å². The van der Waals surface area contributed by atoms with E-state index in [0.29, 0.717) is 5.82 Å². The van der Waals surface area contributed by atoms with Crippen LogP contribution in [0.15, 0.2) is 72.9 Å². The lowest BCUT2D eigenvalue weighted by molar-refractivity contribution is -0.123. The molecule has 0 saturated heterocycles. The minimum absolute atomic E-state index is 0.100. The molecule has 5 rings (SSSR count). The van der Waals surface area contributed by atoms with E-state index in [4.69, 9.17) is 5.10 Å². The number of benzene rings is 2. The molecule has 3 heterocycles. The highest BCUT2D eigenvalue weighted by atomic mass is 19.1. The van der Waals surface area contributed by atoms with E-state index in [1.165, 1.54) is 17.7 Å². The smallest absolute Gasteiger partial charge is 0.230 e. The minimum atomic E-state index is -0.536. The van der Waals surface area contributed by atoms with E-state index >= 15 is 0 Å². The van der Waals surface area contributed by atoms with E-state index in [1.54, 1.807) is 18.3 Å². The quantitative estimate of drug-likeness (QED) is 0.393. The highest BCUT2D eigenvalue weighted by Crippen LogP contribution is 2.37. The van der Waals surface area contributed by atoms with E-state index in [1.807, 2.05) is 39.0 Å². The molecule has 0 unspecified atom stereocenters. The lowest BCUT2D eigenvalue weighted by atomic mass is 9.95. The van der Waals surface area contributed by atoms with Crippen LogP contribution in [0, 0.1) is 11.2 Å². The maximum atomic E-state index is 13.7. The van der Waals surface area contributed by atoms with Gasteiger partial charge in [-0.1, -0.05) is 51.1 Å². The number of rotatable bonds is 5. The second-order valence-corrected chi connectivity index (χ2v) is 10.2. The minimum Gasteiger partial charge on any atom is -0.310 e. The first kappa shape index (κ1) is 23.9. The predicted octanol–water partition coefficient (Wildman–Crippen LogP) is 5.75. The van der Waals surface area contributed by atoms with Gasteiger partial charge in [0.05, 0.1) is 12.2 Å². The molecule has 0 radical (unpaired) electrons. The van der Waals surface area contributed by atoms with E-state index < -0.39 is 5.41 Å². The van der Waals surface area contributed by atoms with Gasteiger partial charge in [-0.2, -0.15) is 5.10 Å². The Morgan fingerprint density at radius 3 is 2.47 bits per heavy atom. The summed E-state index contributed by atoms with van der Waals surface area (Å²) < 4.78 is 15.8. The van der Waals surface area contributed by atoms with Crippen molar-refractivity contribution in [3.63, 3.8) is 0 Å². The van der Waals surface area contributed by atoms with Crippen molar-refractivity contribution in [1.29, 1.82) is 0 Å². The van der Waals surface area contributed by atoms with Crippen molar-refractivity contribution >= 4 is 11.7 Å². The third kappa shape index (κ3) is 5.06. The number of nitrogens with one attached hydrogen (secondary N) is 1. The first-order valence-electron chi connectivity index (χ1n) is 12.2. The van der Waals surface area contributed by atoms with E-state index in [9.17, 15) is 9.18 Å². The van der Waals surface area contributed by atoms with Gasteiger partial charge in [-0.25, -0.2) is 9.37 Å². The number of amides is 1. The number of fused-ring (bicyclic) bond motifs is 1. The van der Waals surface area contributed by atoms with E-state index in [2.05, 4.69) is 44.1 Å². The highest BCUT2D eigenvalue weighted by molar-refractivity contribution is 5.94. The molecule has 36 heavy (non-hydrogen) atoms. The Morgan fingerprint density at radius 2 is 1.75 bits per heavy atom. The molecule has 6 nitrogen and oxygen atoms in total. The Morgan fingerprint density at radius 1 is 1.00 bits per heavy atom. The molecule has 7 heteroatoms. The summed E-state index contributed by atoms with van der Waals surface area (Å²) in [5.74, 6) is 0.112. The number of carbonyl (C=O) groups excluding carboxylic acids is 1. The van der Waals surface area contributed by atoms with Crippen LogP contribution in [-0.2, 0) is 24.4 Å². The van der Waals surface area contributed by atoms with Crippen LogP contribution in [0.2, 0.25) is 0 Å². The van der Waals surface area contributed by atoms with Crippen LogP contribution in [0.5, 0.6) is 0 Å². The van der Waals surface area contributed by atoms with Gasteiger partial charge in [0.25, 0.3) is 0 Å². The average Bonchev–Trinajstić information content (AvgIpc) is 3.23. The zero-order valence-corrected chi connectivity index (χ0v) is 20.8. The number of nitrogens with zero attached hydrogens (tertiary/aromatic N) is 4. The first-order valence-corrected chi connectivity index (χ1v) is 12.2. The first-order chi connectivity index (χ1) is 17.3. The summed E-state index contributed by atoms with van der Waals surface area (Å²) in [5.41, 5.74) is 5.36. The van der Waals surface area contributed by atoms with Crippen LogP contribution in [0.25, 0.3) is 22.4 Å².